The summed E-state index contributed by atoms with van der Waals surface area (Å²) in [5.74, 6) is 0.397. The van der Waals surface area contributed by atoms with Gasteiger partial charge in [0.05, 0.1) is 17.5 Å². The summed E-state index contributed by atoms with van der Waals surface area (Å²) in [6.07, 6.45) is 4.80. The van der Waals surface area contributed by atoms with E-state index in [4.69, 9.17) is 4.74 Å². The van der Waals surface area contributed by atoms with Crippen LogP contribution in [0.2, 0.25) is 0 Å². The number of nitrogens with one attached hydrogen (secondary N) is 1. The average molecular weight is 391 g/mol. The van der Waals surface area contributed by atoms with Crippen LogP contribution >= 0.6 is 0 Å². The van der Waals surface area contributed by atoms with Crippen molar-refractivity contribution in [1.82, 2.24) is 9.78 Å². The summed E-state index contributed by atoms with van der Waals surface area (Å²) in [4.78, 5) is 25.7. The van der Waals surface area contributed by atoms with Gasteiger partial charge in [-0.1, -0.05) is 24.3 Å². The van der Waals surface area contributed by atoms with E-state index in [0.29, 0.717) is 16.5 Å². The molecular formula is C23H25N3O3. The predicted octanol–water partition coefficient (Wildman–Crippen LogP) is 4.55. The zero-order valence-electron chi connectivity index (χ0n) is 16.7. The quantitative estimate of drug-likeness (QED) is 0.692. The predicted molar refractivity (Wildman–Crippen MR) is 114 cm³/mol. The monoisotopic (exact) mass is 391 g/mol. The molecule has 6 heteroatoms. The molecule has 1 aromatic heterocycles. The number of benzene rings is 2. The zero-order chi connectivity index (χ0) is 20.4. The first-order valence-electron chi connectivity index (χ1n) is 10.1. The number of aromatic nitrogens is 2. The van der Waals surface area contributed by atoms with Crippen LogP contribution in [0.25, 0.3) is 10.8 Å². The molecule has 150 valence electrons. The van der Waals surface area contributed by atoms with Crippen LogP contribution in [0.3, 0.4) is 0 Å². The van der Waals surface area contributed by atoms with Crippen molar-refractivity contribution in [2.45, 2.75) is 51.7 Å². The van der Waals surface area contributed by atoms with E-state index in [1.54, 1.807) is 24.3 Å². The van der Waals surface area contributed by atoms with Gasteiger partial charge in [-0.15, -0.1) is 0 Å². The van der Waals surface area contributed by atoms with Gasteiger partial charge in [0.2, 0.25) is 0 Å². The van der Waals surface area contributed by atoms with Gasteiger partial charge in [0, 0.05) is 17.1 Å². The third-order valence-electron chi connectivity index (χ3n) is 5.23. The molecule has 2 aromatic carbocycles. The lowest BCUT2D eigenvalue weighted by Gasteiger charge is -2.15. The molecule has 1 heterocycles. The first kappa shape index (κ1) is 19.2. The highest BCUT2D eigenvalue weighted by atomic mass is 16.5. The van der Waals surface area contributed by atoms with Gasteiger partial charge in [-0.25, -0.2) is 4.68 Å². The molecular weight excluding hydrogens is 366 g/mol. The van der Waals surface area contributed by atoms with Gasteiger partial charge in [0.25, 0.3) is 11.5 Å². The van der Waals surface area contributed by atoms with Gasteiger partial charge in [0.1, 0.15) is 5.75 Å². The molecule has 0 saturated heterocycles. The van der Waals surface area contributed by atoms with Gasteiger partial charge >= 0.3 is 0 Å². The second-order valence-corrected chi connectivity index (χ2v) is 7.74. The molecule has 1 saturated carbocycles. The van der Waals surface area contributed by atoms with Crippen molar-refractivity contribution < 1.29 is 9.53 Å². The highest BCUT2D eigenvalue weighted by molar-refractivity contribution is 6.11. The highest BCUT2D eigenvalue weighted by Gasteiger charge is 2.19. The summed E-state index contributed by atoms with van der Waals surface area (Å²) in [5, 5.41) is 8.30. The fourth-order valence-corrected chi connectivity index (χ4v) is 3.76. The Labute approximate surface area is 169 Å². The maximum absolute atomic E-state index is 13.0. The zero-order valence-corrected chi connectivity index (χ0v) is 16.7. The average Bonchev–Trinajstić information content (AvgIpc) is 3.21. The molecule has 1 aliphatic carbocycles. The van der Waals surface area contributed by atoms with Crippen molar-refractivity contribution in [3.8, 4) is 5.75 Å². The van der Waals surface area contributed by atoms with E-state index in [-0.39, 0.29) is 29.3 Å². The van der Waals surface area contributed by atoms with Gasteiger partial charge < -0.3 is 10.1 Å². The normalized spacial score (nSPS) is 14.4. The third-order valence-corrected chi connectivity index (χ3v) is 5.23. The SMILES string of the molecule is CC(C)n1nc(C(=O)Nc2cccc(OC3CCCC3)c2)c2ccccc2c1=O. The Bertz CT molecular complexity index is 1100. The van der Waals surface area contributed by atoms with E-state index in [9.17, 15) is 9.59 Å². The molecule has 4 rings (SSSR count). The van der Waals surface area contributed by atoms with Crippen LogP contribution in [0, 0.1) is 0 Å². The summed E-state index contributed by atoms with van der Waals surface area (Å²) >= 11 is 0. The molecule has 0 aliphatic heterocycles. The van der Waals surface area contributed by atoms with Gasteiger partial charge in [-0.3, -0.25) is 9.59 Å². The van der Waals surface area contributed by atoms with Crippen LogP contribution in [0.5, 0.6) is 5.75 Å². The molecule has 6 nitrogen and oxygen atoms in total. The highest BCUT2D eigenvalue weighted by Crippen LogP contribution is 2.26. The summed E-state index contributed by atoms with van der Waals surface area (Å²) < 4.78 is 7.39. The molecule has 1 N–H and O–H groups in total. The Hall–Kier alpha value is -3.15. The lowest BCUT2D eigenvalue weighted by atomic mass is 10.1. The molecule has 1 fully saturated rings. The number of rotatable bonds is 5. The summed E-state index contributed by atoms with van der Waals surface area (Å²) in [5.41, 5.74) is 0.675. The summed E-state index contributed by atoms with van der Waals surface area (Å²) in [6, 6.07) is 14.3. The standard InChI is InChI=1S/C23H25N3O3/c1-15(2)26-23(28)20-13-6-5-12-19(20)21(25-26)22(27)24-16-8-7-11-18(14-16)29-17-9-3-4-10-17/h5-8,11-15,17H,3-4,9-10H2,1-2H3,(H,24,27). The van der Waals surface area contributed by atoms with Crippen molar-refractivity contribution in [2.24, 2.45) is 0 Å². The van der Waals surface area contributed by atoms with Gasteiger partial charge in [0.15, 0.2) is 5.69 Å². The fourth-order valence-electron chi connectivity index (χ4n) is 3.76. The molecule has 1 aliphatic rings. The van der Waals surface area contributed by atoms with E-state index in [2.05, 4.69) is 10.4 Å². The Balaban J connectivity index is 1.64. The number of hydrogen-bond donors (Lipinski definition) is 1. The topological polar surface area (TPSA) is 73.2 Å². The lowest BCUT2D eigenvalue weighted by Crippen LogP contribution is -2.28. The Kier molecular flexibility index (Phi) is 5.34. The van der Waals surface area contributed by atoms with E-state index < -0.39 is 0 Å². The van der Waals surface area contributed by atoms with Gasteiger partial charge in [-0.05, 0) is 57.7 Å². The maximum atomic E-state index is 13.0. The van der Waals surface area contributed by atoms with Gasteiger partial charge in [-0.2, -0.15) is 5.10 Å². The minimum atomic E-state index is -0.353. The van der Waals surface area contributed by atoms with Crippen LogP contribution in [0.4, 0.5) is 5.69 Å². The first-order valence-corrected chi connectivity index (χ1v) is 10.1. The second-order valence-electron chi connectivity index (χ2n) is 7.74. The van der Waals surface area contributed by atoms with Crippen molar-refractivity contribution in [1.29, 1.82) is 0 Å². The number of nitrogens with zero attached hydrogens (tertiary/aromatic N) is 2. The summed E-state index contributed by atoms with van der Waals surface area (Å²) in [6.45, 7) is 3.74. The van der Waals surface area contributed by atoms with Crippen molar-refractivity contribution >= 4 is 22.4 Å². The Morgan fingerprint density at radius 1 is 1.10 bits per heavy atom. The van der Waals surface area contributed by atoms with Crippen molar-refractivity contribution in [3.05, 3.63) is 64.6 Å². The fraction of sp³-hybridized carbons (Fsp3) is 0.348. The molecule has 0 radical (unpaired) electrons. The molecule has 29 heavy (non-hydrogen) atoms. The Morgan fingerprint density at radius 2 is 1.83 bits per heavy atom. The summed E-state index contributed by atoms with van der Waals surface area (Å²) in [7, 11) is 0. The maximum Gasteiger partial charge on any atom is 0.276 e. The lowest BCUT2D eigenvalue weighted by molar-refractivity contribution is 0.102. The van der Waals surface area contributed by atoms with E-state index in [0.717, 1.165) is 18.6 Å². The van der Waals surface area contributed by atoms with Crippen molar-refractivity contribution in [3.63, 3.8) is 0 Å². The Morgan fingerprint density at radius 3 is 2.55 bits per heavy atom. The minimum absolute atomic E-state index is 0.151. The number of hydrogen-bond acceptors (Lipinski definition) is 4. The third kappa shape index (κ3) is 4.01. The number of carbonyl (C=O) groups excluding carboxylic acids is 1. The molecule has 1 amide bonds. The largest absolute Gasteiger partial charge is 0.490 e. The van der Waals surface area contributed by atoms with Crippen LogP contribution in [-0.4, -0.2) is 21.8 Å². The number of carbonyl (C=O) groups is 1. The first-order chi connectivity index (χ1) is 14.0. The molecule has 0 bridgehead atoms. The van der Waals surface area contributed by atoms with Crippen molar-refractivity contribution in [2.75, 3.05) is 5.32 Å². The molecule has 0 unspecified atom stereocenters. The second kappa shape index (κ2) is 8.07. The number of anilines is 1. The van der Waals surface area contributed by atoms with Crippen LogP contribution < -0.4 is 15.6 Å². The number of amides is 1. The van der Waals surface area contributed by atoms with E-state index in [1.165, 1.54) is 17.5 Å². The van der Waals surface area contributed by atoms with E-state index in [1.807, 2.05) is 38.1 Å². The minimum Gasteiger partial charge on any atom is -0.490 e. The van der Waals surface area contributed by atoms with Crippen LogP contribution in [0.15, 0.2) is 53.3 Å². The van der Waals surface area contributed by atoms with E-state index >= 15 is 0 Å². The molecule has 3 aromatic rings. The molecule has 0 atom stereocenters. The van der Waals surface area contributed by atoms with Crippen LogP contribution in [-0.2, 0) is 0 Å². The smallest absolute Gasteiger partial charge is 0.276 e. The van der Waals surface area contributed by atoms with Crippen LogP contribution in [0.1, 0.15) is 56.1 Å². The number of fused-ring (bicyclic) bond motifs is 1. The molecule has 0 spiro atoms. The number of ether oxygens (including phenoxy) is 1.